The largest absolute Gasteiger partial charge is 0.459 e. The van der Waals surface area contributed by atoms with Crippen LogP contribution in [-0.2, 0) is 5.41 Å². The molecule has 1 unspecified atom stereocenters. The highest BCUT2D eigenvalue weighted by Crippen LogP contribution is 2.33. The third-order valence-corrected chi connectivity index (χ3v) is 3.18. The van der Waals surface area contributed by atoms with Crippen LogP contribution in [0.25, 0.3) is 11.0 Å². The third kappa shape index (κ3) is 2.22. The Labute approximate surface area is 103 Å². The van der Waals surface area contributed by atoms with E-state index in [2.05, 4.69) is 52.0 Å². The molecule has 17 heavy (non-hydrogen) atoms. The molecule has 1 atom stereocenters. The maximum absolute atomic E-state index is 6.02. The van der Waals surface area contributed by atoms with E-state index in [0.29, 0.717) is 0 Å². The number of furan rings is 1. The van der Waals surface area contributed by atoms with E-state index in [-0.39, 0.29) is 11.5 Å². The summed E-state index contributed by atoms with van der Waals surface area (Å²) in [6, 6.07) is 8.36. The van der Waals surface area contributed by atoms with Crippen molar-refractivity contribution in [2.24, 2.45) is 5.73 Å². The molecule has 0 aliphatic carbocycles. The zero-order chi connectivity index (χ0) is 12.6. The molecule has 0 saturated carbocycles. The van der Waals surface area contributed by atoms with Gasteiger partial charge in [-0.15, -0.1) is 0 Å². The molecule has 0 fully saturated rings. The molecule has 0 saturated heterocycles. The van der Waals surface area contributed by atoms with E-state index in [1.54, 1.807) is 0 Å². The average Bonchev–Trinajstić information content (AvgIpc) is 2.69. The number of fused-ring (bicyclic) bond motifs is 1. The lowest BCUT2D eigenvalue weighted by Crippen LogP contribution is -2.11. The minimum atomic E-state index is -0.00443. The molecule has 2 heteroatoms. The topological polar surface area (TPSA) is 39.2 Å². The summed E-state index contributed by atoms with van der Waals surface area (Å²) in [6.07, 6.45) is 0.894. The Balaban J connectivity index is 2.61. The quantitative estimate of drug-likeness (QED) is 0.843. The highest BCUT2D eigenvalue weighted by Gasteiger charge is 2.20. The van der Waals surface area contributed by atoms with Crippen LogP contribution in [0.3, 0.4) is 0 Å². The van der Waals surface area contributed by atoms with Crippen LogP contribution in [0.1, 0.15) is 51.5 Å². The molecule has 0 aliphatic heterocycles. The first-order valence-corrected chi connectivity index (χ1v) is 6.22. The van der Waals surface area contributed by atoms with Gasteiger partial charge in [0.15, 0.2) is 0 Å². The molecule has 0 spiro atoms. The van der Waals surface area contributed by atoms with Crippen LogP contribution < -0.4 is 5.73 Å². The second-order valence-electron chi connectivity index (χ2n) is 5.64. The molecule has 92 valence electrons. The molecule has 0 aliphatic rings. The van der Waals surface area contributed by atoms with Gasteiger partial charge in [0.1, 0.15) is 11.3 Å². The van der Waals surface area contributed by atoms with Gasteiger partial charge in [-0.05, 0) is 17.9 Å². The predicted octanol–water partition coefficient (Wildman–Crippen LogP) is 4.14. The van der Waals surface area contributed by atoms with Crippen LogP contribution in [0.5, 0.6) is 0 Å². The van der Waals surface area contributed by atoms with E-state index < -0.39 is 0 Å². The minimum absolute atomic E-state index is 0.00443. The van der Waals surface area contributed by atoms with Crippen LogP contribution in [0.15, 0.2) is 28.7 Å². The van der Waals surface area contributed by atoms with Gasteiger partial charge in [-0.2, -0.15) is 0 Å². The molecule has 0 radical (unpaired) electrons. The molecule has 2 rings (SSSR count). The summed E-state index contributed by atoms with van der Waals surface area (Å²) in [5.41, 5.74) is 8.34. The Morgan fingerprint density at radius 2 is 2.00 bits per heavy atom. The second-order valence-corrected chi connectivity index (χ2v) is 5.64. The Hall–Kier alpha value is -1.28. The van der Waals surface area contributed by atoms with E-state index in [4.69, 9.17) is 10.2 Å². The van der Waals surface area contributed by atoms with E-state index in [1.165, 1.54) is 5.56 Å². The fourth-order valence-electron chi connectivity index (χ4n) is 2.06. The number of para-hydroxylation sites is 1. The monoisotopic (exact) mass is 231 g/mol. The summed E-state index contributed by atoms with van der Waals surface area (Å²) in [4.78, 5) is 0. The van der Waals surface area contributed by atoms with Gasteiger partial charge in [0.25, 0.3) is 0 Å². The molecule has 1 aromatic heterocycles. The Kier molecular flexibility index (Phi) is 3.00. The number of nitrogens with two attached hydrogens (primary N) is 1. The maximum Gasteiger partial charge on any atom is 0.138 e. The van der Waals surface area contributed by atoms with Gasteiger partial charge in [-0.3, -0.25) is 0 Å². The van der Waals surface area contributed by atoms with Gasteiger partial charge < -0.3 is 10.2 Å². The van der Waals surface area contributed by atoms with Crippen molar-refractivity contribution >= 4 is 11.0 Å². The number of hydrogen-bond acceptors (Lipinski definition) is 2. The normalized spacial score (nSPS) is 14.2. The summed E-state index contributed by atoms with van der Waals surface area (Å²) in [5, 5.41) is 1.15. The number of rotatable bonds is 2. The first-order valence-electron chi connectivity index (χ1n) is 6.22. The first kappa shape index (κ1) is 12.2. The first-order chi connectivity index (χ1) is 7.93. The maximum atomic E-state index is 6.02. The van der Waals surface area contributed by atoms with Crippen molar-refractivity contribution in [1.82, 2.24) is 0 Å². The van der Waals surface area contributed by atoms with Crippen LogP contribution in [-0.4, -0.2) is 0 Å². The third-order valence-electron chi connectivity index (χ3n) is 3.18. The molecule has 2 nitrogen and oxygen atoms in total. The van der Waals surface area contributed by atoms with Crippen molar-refractivity contribution < 1.29 is 4.42 Å². The van der Waals surface area contributed by atoms with Crippen molar-refractivity contribution in [2.75, 3.05) is 0 Å². The van der Waals surface area contributed by atoms with Crippen molar-refractivity contribution in [1.29, 1.82) is 0 Å². The summed E-state index contributed by atoms with van der Waals surface area (Å²) >= 11 is 0. The predicted molar refractivity (Wildman–Crippen MR) is 72.1 cm³/mol. The zero-order valence-electron chi connectivity index (χ0n) is 11.1. The van der Waals surface area contributed by atoms with Crippen LogP contribution in [0, 0.1) is 0 Å². The molecule has 1 aromatic carbocycles. The lowest BCUT2D eigenvalue weighted by molar-refractivity contribution is 0.478. The molecule has 2 aromatic rings. The molecule has 2 N–H and O–H groups in total. The number of benzene rings is 1. The van der Waals surface area contributed by atoms with Gasteiger partial charge in [-0.1, -0.05) is 45.9 Å². The van der Waals surface area contributed by atoms with Gasteiger partial charge in [-0.25, -0.2) is 0 Å². The molecule has 1 heterocycles. The lowest BCUT2D eigenvalue weighted by Gasteiger charge is -2.18. The van der Waals surface area contributed by atoms with Gasteiger partial charge >= 0.3 is 0 Å². The molecule has 0 bridgehead atoms. The Bertz CT molecular complexity index is 519. The Morgan fingerprint density at radius 1 is 1.29 bits per heavy atom. The average molecular weight is 231 g/mol. The fraction of sp³-hybridized carbons (Fsp3) is 0.467. The van der Waals surface area contributed by atoms with Gasteiger partial charge in [0.2, 0.25) is 0 Å². The van der Waals surface area contributed by atoms with E-state index >= 15 is 0 Å². The molecular formula is C15H21NO. The standard InChI is InChI=1S/C15H21NO/c1-5-12(16)13-9-10-7-6-8-11(14(10)17-13)15(2,3)4/h6-9,12H,5,16H2,1-4H3. The van der Waals surface area contributed by atoms with Crippen LogP contribution in [0.4, 0.5) is 0 Å². The van der Waals surface area contributed by atoms with E-state index in [1.807, 2.05) is 0 Å². The van der Waals surface area contributed by atoms with Crippen LogP contribution in [0.2, 0.25) is 0 Å². The van der Waals surface area contributed by atoms with Crippen molar-refractivity contribution in [3.8, 4) is 0 Å². The van der Waals surface area contributed by atoms with Crippen LogP contribution >= 0.6 is 0 Å². The molecule has 0 amide bonds. The van der Waals surface area contributed by atoms with Crippen molar-refractivity contribution in [3.63, 3.8) is 0 Å². The van der Waals surface area contributed by atoms with E-state index in [0.717, 1.165) is 23.2 Å². The molecular weight excluding hydrogens is 210 g/mol. The lowest BCUT2D eigenvalue weighted by atomic mass is 9.86. The number of hydrogen-bond donors (Lipinski definition) is 1. The Morgan fingerprint density at radius 3 is 2.59 bits per heavy atom. The fourth-order valence-corrected chi connectivity index (χ4v) is 2.06. The SMILES string of the molecule is CCC(N)c1cc2cccc(C(C)(C)C)c2o1. The summed E-state index contributed by atoms with van der Waals surface area (Å²) in [6.45, 7) is 8.67. The summed E-state index contributed by atoms with van der Waals surface area (Å²) < 4.78 is 5.95. The van der Waals surface area contributed by atoms with Crippen molar-refractivity contribution in [2.45, 2.75) is 45.6 Å². The zero-order valence-corrected chi connectivity index (χ0v) is 11.1. The van der Waals surface area contributed by atoms with Crippen molar-refractivity contribution in [3.05, 3.63) is 35.6 Å². The second kappa shape index (κ2) is 4.19. The smallest absolute Gasteiger partial charge is 0.138 e. The minimum Gasteiger partial charge on any atom is -0.459 e. The van der Waals surface area contributed by atoms with Gasteiger partial charge in [0, 0.05) is 10.9 Å². The van der Waals surface area contributed by atoms with Gasteiger partial charge in [0.05, 0.1) is 6.04 Å². The summed E-state index contributed by atoms with van der Waals surface area (Å²) in [5.74, 6) is 0.888. The van der Waals surface area contributed by atoms with E-state index in [9.17, 15) is 0 Å². The highest BCUT2D eigenvalue weighted by atomic mass is 16.3. The highest BCUT2D eigenvalue weighted by molar-refractivity contribution is 5.82. The summed E-state index contributed by atoms with van der Waals surface area (Å²) in [7, 11) is 0.